The first-order valence-corrected chi connectivity index (χ1v) is 11.4. The van der Waals surface area contributed by atoms with E-state index >= 15 is 0 Å². The van der Waals surface area contributed by atoms with Crippen LogP contribution in [0.5, 0.6) is 5.75 Å². The van der Waals surface area contributed by atoms with Crippen molar-refractivity contribution >= 4 is 0 Å². The molecule has 0 spiro atoms. The Bertz CT molecular complexity index is 723. The molecule has 0 bridgehead atoms. The zero-order valence-corrected chi connectivity index (χ0v) is 18.2. The Morgan fingerprint density at radius 2 is 1.29 bits per heavy atom. The lowest BCUT2D eigenvalue weighted by atomic mass is 9.67. The highest BCUT2D eigenvalue weighted by Gasteiger charge is 2.48. The fourth-order valence-corrected chi connectivity index (χ4v) is 5.95. The summed E-state index contributed by atoms with van der Waals surface area (Å²) < 4.78 is 86.9. The zero-order chi connectivity index (χ0) is 22.8. The van der Waals surface area contributed by atoms with Gasteiger partial charge in [-0.15, -0.1) is 0 Å². The first-order valence-electron chi connectivity index (χ1n) is 11.4. The van der Waals surface area contributed by atoms with Crippen LogP contribution in [-0.2, 0) is 12.4 Å². The predicted molar refractivity (Wildman–Crippen MR) is 108 cm³/mol. The number of hydrogen-bond acceptors (Lipinski definition) is 1. The molecule has 176 valence electrons. The maximum Gasteiger partial charge on any atom is 0.420 e. The van der Waals surface area contributed by atoms with E-state index in [-0.39, 0.29) is 5.56 Å². The van der Waals surface area contributed by atoms with Crippen LogP contribution in [0.1, 0.15) is 93.7 Å². The van der Waals surface area contributed by atoms with Crippen LogP contribution in [0, 0.1) is 17.8 Å². The lowest BCUT2D eigenvalue weighted by molar-refractivity contribution is -0.163. The Balaban J connectivity index is 1.77. The Morgan fingerprint density at radius 3 is 1.74 bits per heavy atom. The second kappa shape index (κ2) is 9.62. The average molecular weight is 451 g/mol. The summed E-state index contributed by atoms with van der Waals surface area (Å²) in [7, 11) is 0.963. The molecule has 0 radical (unpaired) electrons. The molecular weight excluding hydrogens is 418 g/mol. The highest BCUT2D eigenvalue weighted by Crippen LogP contribution is 2.51. The summed E-state index contributed by atoms with van der Waals surface area (Å²) in [6.45, 7) is 2.20. The van der Waals surface area contributed by atoms with E-state index in [9.17, 15) is 26.3 Å². The third-order valence-electron chi connectivity index (χ3n) is 7.45. The predicted octanol–water partition coefficient (Wildman–Crippen LogP) is 8.61. The summed E-state index contributed by atoms with van der Waals surface area (Å²) in [6.07, 6.45) is -0.376. The van der Waals surface area contributed by atoms with Gasteiger partial charge < -0.3 is 4.74 Å². The molecule has 0 amide bonds. The first kappa shape index (κ1) is 24.2. The Kier molecular flexibility index (Phi) is 7.52. The van der Waals surface area contributed by atoms with E-state index in [1.807, 2.05) is 0 Å². The van der Waals surface area contributed by atoms with Gasteiger partial charge >= 0.3 is 12.4 Å². The number of alkyl halides is 6. The van der Waals surface area contributed by atoms with E-state index in [2.05, 4.69) is 11.7 Å². The van der Waals surface area contributed by atoms with Crippen LogP contribution in [0.25, 0.3) is 0 Å². The van der Waals surface area contributed by atoms with E-state index in [0.29, 0.717) is 24.7 Å². The lowest BCUT2D eigenvalue weighted by Crippen LogP contribution is -2.27. The molecule has 0 atom stereocenters. The van der Waals surface area contributed by atoms with E-state index in [1.165, 1.54) is 44.6 Å². The lowest BCUT2D eigenvalue weighted by Gasteiger charge is -2.38. The van der Waals surface area contributed by atoms with Crippen molar-refractivity contribution in [3.8, 4) is 5.75 Å². The molecule has 2 fully saturated rings. The van der Waals surface area contributed by atoms with Crippen LogP contribution < -0.4 is 4.74 Å². The summed E-state index contributed by atoms with van der Waals surface area (Å²) in [5, 5.41) is 0. The van der Waals surface area contributed by atoms with Crippen molar-refractivity contribution in [2.75, 3.05) is 7.11 Å². The first-order chi connectivity index (χ1) is 14.6. The second-order valence-corrected chi connectivity index (χ2v) is 9.28. The third-order valence-corrected chi connectivity index (χ3v) is 7.45. The van der Waals surface area contributed by atoms with E-state index < -0.39 is 35.1 Å². The highest BCUT2D eigenvalue weighted by atomic mass is 19.4. The molecule has 2 aliphatic carbocycles. The third kappa shape index (κ3) is 5.51. The van der Waals surface area contributed by atoms with Gasteiger partial charge in [0.2, 0.25) is 0 Å². The molecule has 3 rings (SSSR count). The smallest absolute Gasteiger partial charge is 0.420 e. The van der Waals surface area contributed by atoms with Gasteiger partial charge in [0.25, 0.3) is 0 Å². The molecule has 0 unspecified atom stereocenters. The monoisotopic (exact) mass is 450 g/mol. The molecule has 1 nitrogen and oxygen atoms in total. The van der Waals surface area contributed by atoms with Gasteiger partial charge in [-0.2, -0.15) is 26.3 Å². The zero-order valence-electron chi connectivity index (χ0n) is 18.2. The minimum atomic E-state index is -5.14. The fraction of sp³-hybridized carbons (Fsp3) is 0.750. The standard InChI is InChI=1S/C24H32F6O/c1-3-4-15-5-7-16(8-6-15)17-9-11-18(12-10-17)19-13-14-20(31-2)22(24(28,29)30)21(19)23(25,26)27/h13-18H,3-12H2,1-2H3. The minimum Gasteiger partial charge on any atom is -0.496 e. The van der Waals surface area contributed by atoms with Crippen LogP contribution in [-0.4, -0.2) is 7.11 Å². The minimum absolute atomic E-state index is 0.231. The van der Waals surface area contributed by atoms with Gasteiger partial charge in [-0.1, -0.05) is 38.7 Å². The van der Waals surface area contributed by atoms with Gasteiger partial charge in [-0.3, -0.25) is 0 Å². The van der Waals surface area contributed by atoms with Gasteiger partial charge in [0.1, 0.15) is 11.3 Å². The number of ether oxygens (including phenoxy) is 1. The maximum absolute atomic E-state index is 13.8. The van der Waals surface area contributed by atoms with Crippen molar-refractivity contribution in [1.29, 1.82) is 0 Å². The van der Waals surface area contributed by atoms with Gasteiger partial charge in [-0.05, 0) is 73.8 Å². The van der Waals surface area contributed by atoms with Crippen molar-refractivity contribution < 1.29 is 31.1 Å². The summed E-state index contributed by atoms with van der Waals surface area (Å²) in [6, 6.07) is 2.23. The molecule has 31 heavy (non-hydrogen) atoms. The molecule has 1 aromatic rings. The molecule has 2 saturated carbocycles. The van der Waals surface area contributed by atoms with Crippen LogP contribution in [0.15, 0.2) is 12.1 Å². The number of hydrogen-bond donors (Lipinski definition) is 0. The Hall–Kier alpha value is -1.40. The van der Waals surface area contributed by atoms with Crippen LogP contribution in [0.2, 0.25) is 0 Å². The number of halogens is 6. The molecule has 1 aromatic carbocycles. The van der Waals surface area contributed by atoms with Gasteiger partial charge in [0.15, 0.2) is 0 Å². The van der Waals surface area contributed by atoms with E-state index in [1.54, 1.807) is 0 Å². The summed E-state index contributed by atoms with van der Waals surface area (Å²) in [5.41, 5.74) is -3.50. The largest absolute Gasteiger partial charge is 0.496 e. The fourth-order valence-electron chi connectivity index (χ4n) is 5.95. The molecule has 0 aromatic heterocycles. The summed E-state index contributed by atoms with van der Waals surface area (Å²) in [5.74, 6) is 0.607. The quantitative estimate of drug-likeness (QED) is 0.408. The Labute approximate surface area is 180 Å². The normalized spacial score (nSPS) is 27.9. The number of methoxy groups -OCH3 is 1. The molecular formula is C24H32F6O. The van der Waals surface area contributed by atoms with Crippen molar-refractivity contribution in [2.45, 2.75) is 89.4 Å². The highest BCUT2D eigenvalue weighted by molar-refractivity contribution is 5.50. The molecule has 0 aliphatic heterocycles. The van der Waals surface area contributed by atoms with Gasteiger partial charge in [0, 0.05) is 0 Å². The summed E-state index contributed by atoms with van der Waals surface area (Å²) in [4.78, 5) is 0. The van der Waals surface area contributed by atoms with Crippen molar-refractivity contribution in [3.05, 3.63) is 28.8 Å². The van der Waals surface area contributed by atoms with E-state index in [4.69, 9.17) is 0 Å². The topological polar surface area (TPSA) is 9.23 Å². The SMILES string of the molecule is CCCC1CCC(C2CCC(c3ccc(OC)c(C(F)(F)F)c3C(F)(F)F)CC2)CC1. The maximum atomic E-state index is 13.8. The average Bonchev–Trinajstić information content (AvgIpc) is 2.72. The molecule has 0 N–H and O–H groups in total. The molecule has 7 heteroatoms. The second-order valence-electron chi connectivity index (χ2n) is 9.28. The molecule has 2 aliphatic rings. The van der Waals surface area contributed by atoms with Gasteiger partial charge in [-0.25, -0.2) is 0 Å². The van der Waals surface area contributed by atoms with Crippen LogP contribution in [0.4, 0.5) is 26.3 Å². The van der Waals surface area contributed by atoms with Crippen molar-refractivity contribution in [1.82, 2.24) is 0 Å². The summed E-state index contributed by atoms with van der Waals surface area (Å²) >= 11 is 0. The molecule has 0 saturated heterocycles. The Morgan fingerprint density at radius 1 is 0.774 bits per heavy atom. The molecule has 0 heterocycles. The van der Waals surface area contributed by atoms with Crippen LogP contribution in [0.3, 0.4) is 0 Å². The van der Waals surface area contributed by atoms with Gasteiger partial charge in [0.05, 0.1) is 12.7 Å². The van der Waals surface area contributed by atoms with Crippen molar-refractivity contribution in [3.63, 3.8) is 0 Å². The van der Waals surface area contributed by atoms with Crippen molar-refractivity contribution in [2.24, 2.45) is 17.8 Å². The number of rotatable bonds is 5. The number of benzene rings is 1. The van der Waals surface area contributed by atoms with Crippen LogP contribution >= 0.6 is 0 Å². The van der Waals surface area contributed by atoms with E-state index in [0.717, 1.165) is 31.9 Å².